The van der Waals surface area contributed by atoms with Gasteiger partial charge >= 0.3 is 0 Å². The summed E-state index contributed by atoms with van der Waals surface area (Å²) < 4.78 is 16.1. The number of nitrogens with zero attached hydrogens (tertiary/aromatic N) is 3. The van der Waals surface area contributed by atoms with E-state index in [4.69, 9.17) is 0 Å². The van der Waals surface area contributed by atoms with Crippen molar-refractivity contribution in [2.75, 3.05) is 0 Å². The zero-order valence-electron chi connectivity index (χ0n) is 15.3. The van der Waals surface area contributed by atoms with Gasteiger partial charge in [0.05, 0.1) is 18.1 Å². The van der Waals surface area contributed by atoms with Crippen LogP contribution in [0.5, 0.6) is 0 Å². The number of hydrogen-bond donors (Lipinski definition) is 1. The van der Waals surface area contributed by atoms with Crippen molar-refractivity contribution in [1.29, 1.82) is 0 Å². The van der Waals surface area contributed by atoms with E-state index in [-0.39, 0.29) is 29.7 Å². The molecule has 0 bridgehead atoms. The molecule has 0 spiro atoms. The van der Waals surface area contributed by atoms with Gasteiger partial charge in [-0.25, -0.2) is 4.39 Å². The van der Waals surface area contributed by atoms with Crippen LogP contribution in [-0.2, 0) is 11.8 Å². The van der Waals surface area contributed by atoms with Crippen LogP contribution in [0.25, 0.3) is 0 Å². The Morgan fingerprint density at radius 3 is 2.81 bits per heavy atom. The van der Waals surface area contributed by atoms with E-state index in [1.807, 2.05) is 0 Å². The van der Waals surface area contributed by atoms with Crippen molar-refractivity contribution >= 4 is 11.8 Å². The van der Waals surface area contributed by atoms with Crippen molar-refractivity contribution in [1.82, 2.24) is 20.0 Å². The lowest BCUT2D eigenvalue weighted by Crippen LogP contribution is -2.48. The molecule has 1 aromatic heterocycles. The first-order valence-corrected chi connectivity index (χ1v) is 9.40. The van der Waals surface area contributed by atoms with Gasteiger partial charge in [0.2, 0.25) is 5.91 Å². The number of amides is 2. The fraction of sp³-hybridized carbons (Fsp3) is 0.450. The highest BCUT2D eigenvalue weighted by Gasteiger charge is 2.46. The maximum absolute atomic E-state index is 14.6. The molecule has 2 aromatic rings. The van der Waals surface area contributed by atoms with E-state index >= 15 is 0 Å². The fourth-order valence-electron chi connectivity index (χ4n) is 4.38. The first-order valence-electron chi connectivity index (χ1n) is 9.40. The first-order chi connectivity index (χ1) is 13.1. The van der Waals surface area contributed by atoms with Crippen LogP contribution in [0.3, 0.4) is 0 Å². The Kier molecular flexibility index (Phi) is 4.68. The third-order valence-corrected chi connectivity index (χ3v) is 5.67. The van der Waals surface area contributed by atoms with Gasteiger partial charge in [0.15, 0.2) is 0 Å². The molecule has 2 amide bonds. The summed E-state index contributed by atoms with van der Waals surface area (Å²) in [6, 6.07) is 7.51. The summed E-state index contributed by atoms with van der Waals surface area (Å²) in [6.07, 6.45) is 5.06. The first kappa shape index (κ1) is 17.7. The second kappa shape index (κ2) is 7.13. The molecule has 2 aliphatic heterocycles. The van der Waals surface area contributed by atoms with Crippen LogP contribution >= 0.6 is 0 Å². The van der Waals surface area contributed by atoms with Crippen LogP contribution in [0.1, 0.15) is 54.2 Å². The number of carbonyl (C=O) groups is 2. The molecule has 0 unspecified atom stereocenters. The zero-order chi connectivity index (χ0) is 19.0. The Morgan fingerprint density at radius 1 is 1.26 bits per heavy atom. The van der Waals surface area contributed by atoms with Crippen molar-refractivity contribution in [3.63, 3.8) is 0 Å². The molecular formula is C20H23FN4O2. The molecule has 142 valence electrons. The van der Waals surface area contributed by atoms with E-state index < -0.39 is 6.04 Å². The molecule has 0 radical (unpaired) electrons. The third-order valence-electron chi connectivity index (χ3n) is 5.67. The minimum Gasteiger partial charge on any atom is -0.351 e. The van der Waals surface area contributed by atoms with Crippen LogP contribution in [-0.4, -0.2) is 38.6 Å². The number of aryl methyl sites for hydroxylation is 1. The average molecular weight is 370 g/mol. The number of fused-ring (bicyclic) bond motifs is 1. The Labute approximate surface area is 157 Å². The lowest BCUT2D eigenvalue weighted by atomic mass is 9.97. The molecule has 2 fully saturated rings. The number of nitrogens with one attached hydrogen (secondary N) is 1. The van der Waals surface area contributed by atoms with Gasteiger partial charge in [0.25, 0.3) is 5.91 Å². The number of benzene rings is 1. The van der Waals surface area contributed by atoms with Gasteiger partial charge in [-0.1, -0.05) is 24.6 Å². The number of carbonyl (C=O) groups excluding carboxylic acids is 2. The van der Waals surface area contributed by atoms with Gasteiger partial charge in [-0.2, -0.15) is 5.10 Å². The second-order valence-corrected chi connectivity index (χ2v) is 7.31. The zero-order valence-corrected chi connectivity index (χ0v) is 15.3. The van der Waals surface area contributed by atoms with Crippen molar-refractivity contribution < 1.29 is 14.0 Å². The Morgan fingerprint density at radius 2 is 2.07 bits per heavy atom. The molecule has 0 aliphatic carbocycles. The van der Waals surface area contributed by atoms with E-state index in [0.29, 0.717) is 24.1 Å². The van der Waals surface area contributed by atoms with Gasteiger partial charge < -0.3 is 10.2 Å². The highest BCUT2D eigenvalue weighted by molar-refractivity contribution is 5.93. The van der Waals surface area contributed by atoms with Crippen LogP contribution in [0.4, 0.5) is 4.39 Å². The molecule has 3 atom stereocenters. The highest BCUT2D eigenvalue weighted by Crippen LogP contribution is 2.40. The summed E-state index contributed by atoms with van der Waals surface area (Å²) >= 11 is 0. The van der Waals surface area contributed by atoms with Crippen molar-refractivity contribution in [2.24, 2.45) is 7.05 Å². The quantitative estimate of drug-likeness (QED) is 0.884. The van der Waals surface area contributed by atoms with Gasteiger partial charge in [-0.15, -0.1) is 0 Å². The summed E-state index contributed by atoms with van der Waals surface area (Å²) in [5, 5.41) is 7.17. The number of halogens is 1. The van der Waals surface area contributed by atoms with Crippen LogP contribution in [0.2, 0.25) is 0 Å². The molecule has 7 heteroatoms. The van der Waals surface area contributed by atoms with Gasteiger partial charge in [-0.3, -0.25) is 14.3 Å². The summed E-state index contributed by atoms with van der Waals surface area (Å²) in [7, 11) is 1.72. The van der Waals surface area contributed by atoms with Crippen LogP contribution in [0, 0.1) is 5.82 Å². The largest absolute Gasteiger partial charge is 0.351 e. The second-order valence-electron chi connectivity index (χ2n) is 7.31. The molecule has 2 saturated heterocycles. The SMILES string of the molecule is Cn1nccc1C(=O)N1[C@H](c2ccccc2F)C[C@H]2NC(=O)CCCC[C@@H]21. The van der Waals surface area contributed by atoms with Crippen LogP contribution < -0.4 is 5.32 Å². The molecule has 4 rings (SSSR count). The van der Waals surface area contributed by atoms with Gasteiger partial charge in [0, 0.05) is 25.2 Å². The van der Waals surface area contributed by atoms with Crippen molar-refractivity contribution in [3.05, 3.63) is 53.6 Å². The smallest absolute Gasteiger partial charge is 0.272 e. The molecule has 1 N–H and O–H groups in total. The lowest BCUT2D eigenvalue weighted by Gasteiger charge is -2.33. The normalized spacial score (nSPS) is 25.5. The Bertz CT molecular complexity index is 865. The molecule has 1 aromatic carbocycles. The maximum atomic E-state index is 14.6. The minimum absolute atomic E-state index is 0.00631. The molecule has 6 nitrogen and oxygen atoms in total. The topological polar surface area (TPSA) is 67.2 Å². The monoisotopic (exact) mass is 370 g/mol. The number of rotatable bonds is 2. The Balaban J connectivity index is 1.76. The standard InChI is InChI=1S/C20H23FN4O2/c1-24-17(10-11-22-24)20(27)25-16-8-4-5-9-19(26)23-15(16)12-18(25)13-6-2-3-7-14(13)21/h2-3,6-7,10-11,15-16,18H,4-5,8-9,12H2,1H3,(H,23,26)/t15-,16+,18+/m1/s1. The van der Waals surface area contributed by atoms with Crippen LogP contribution in [0.15, 0.2) is 36.5 Å². The van der Waals surface area contributed by atoms with E-state index in [2.05, 4.69) is 10.4 Å². The summed E-state index contributed by atoms with van der Waals surface area (Å²) in [5.74, 6) is -0.497. The summed E-state index contributed by atoms with van der Waals surface area (Å²) in [4.78, 5) is 27.3. The number of aromatic nitrogens is 2. The average Bonchev–Trinajstić information content (AvgIpc) is 3.20. The maximum Gasteiger partial charge on any atom is 0.272 e. The number of likely N-dealkylation sites (tertiary alicyclic amines) is 1. The van der Waals surface area contributed by atoms with E-state index in [9.17, 15) is 14.0 Å². The van der Waals surface area contributed by atoms with E-state index in [1.165, 1.54) is 10.7 Å². The van der Waals surface area contributed by atoms with Gasteiger partial charge in [0.1, 0.15) is 11.5 Å². The third kappa shape index (κ3) is 3.22. The van der Waals surface area contributed by atoms with Crippen molar-refractivity contribution in [3.8, 4) is 0 Å². The highest BCUT2D eigenvalue weighted by atomic mass is 19.1. The molecule has 3 heterocycles. The van der Waals surface area contributed by atoms with Gasteiger partial charge in [-0.05, 0) is 31.4 Å². The molecule has 27 heavy (non-hydrogen) atoms. The Hall–Kier alpha value is -2.70. The number of hydrogen-bond acceptors (Lipinski definition) is 3. The molecule has 2 aliphatic rings. The summed E-state index contributed by atoms with van der Waals surface area (Å²) in [5.41, 5.74) is 0.958. The summed E-state index contributed by atoms with van der Waals surface area (Å²) in [6.45, 7) is 0. The fourth-order valence-corrected chi connectivity index (χ4v) is 4.38. The lowest BCUT2D eigenvalue weighted by molar-refractivity contribution is -0.122. The predicted octanol–water partition coefficient (Wildman–Crippen LogP) is 2.57. The molecule has 0 saturated carbocycles. The predicted molar refractivity (Wildman–Crippen MR) is 97.3 cm³/mol. The minimum atomic E-state index is -0.415. The van der Waals surface area contributed by atoms with E-state index in [1.54, 1.807) is 42.4 Å². The van der Waals surface area contributed by atoms with E-state index in [0.717, 1.165) is 19.3 Å². The molecular weight excluding hydrogens is 347 g/mol. The van der Waals surface area contributed by atoms with Crippen molar-refractivity contribution in [2.45, 2.75) is 50.2 Å².